The maximum absolute atomic E-state index is 13.6. The quantitative estimate of drug-likeness (QED) is 0.382. The number of rotatable bonds is 5. The summed E-state index contributed by atoms with van der Waals surface area (Å²) >= 11 is 6.64. The monoisotopic (exact) mass is 513 g/mol. The van der Waals surface area contributed by atoms with E-state index in [-0.39, 0.29) is 24.3 Å². The summed E-state index contributed by atoms with van der Waals surface area (Å²) in [7, 11) is 0. The number of hydrogen-bond donors (Lipinski definition) is 1. The molecule has 180 valence electrons. The van der Waals surface area contributed by atoms with Crippen molar-refractivity contribution in [2.24, 2.45) is 0 Å². The van der Waals surface area contributed by atoms with Gasteiger partial charge in [0.2, 0.25) is 5.91 Å². The van der Waals surface area contributed by atoms with Gasteiger partial charge in [-0.3, -0.25) is 24.2 Å². The van der Waals surface area contributed by atoms with Gasteiger partial charge in [0, 0.05) is 11.3 Å². The molecular weight excluding hydrogens is 490 g/mol. The van der Waals surface area contributed by atoms with E-state index in [9.17, 15) is 14.4 Å². The summed E-state index contributed by atoms with van der Waals surface area (Å²) in [6, 6.07) is 22.6. The SMILES string of the molecule is Cc1cccc(C)c1NC(=O)CN1C(=O)/C(=C2\SC(=S)N(Cc3ccccc3)C2=O)c2ccccc21. The zero-order valence-electron chi connectivity index (χ0n) is 19.8. The highest BCUT2D eigenvalue weighted by atomic mass is 32.2. The number of carbonyl (C=O) groups is 3. The second-order valence-corrected chi connectivity index (χ2v) is 10.3. The molecule has 2 aliphatic heterocycles. The average molecular weight is 514 g/mol. The van der Waals surface area contributed by atoms with Crippen LogP contribution in [0.15, 0.2) is 77.7 Å². The molecule has 0 aromatic heterocycles. The number of hydrogen-bond acceptors (Lipinski definition) is 5. The third kappa shape index (κ3) is 4.34. The molecule has 6 nitrogen and oxygen atoms in total. The smallest absolute Gasteiger partial charge is 0.267 e. The maximum Gasteiger partial charge on any atom is 0.267 e. The Balaban J connectivity index is 1.44. The Bertz CT molecular complexity index is 1430. The van der Waals surface area contributed by atoms with Crippen molar-refractivity contribution < 1.29 is 14.4 Å². The van der Waals surface area contributed by atoms with Crippen LogP contribution in [0.4, 0.5) is 11.4 Å². The van der Waals surface area contributed by atoms with Gasteiger partial charge in [-0.1, -0.05) is 90.7 Å². The van der Waals surface area contributed by atoms with Crippen LogP contribution in [0.25, 0.3) is 5.57 Å². The molecule has 1 saturated heterocycles. The van der Waals surface area contributed by atoms with Gasteiger partial charge in [0.05, 0.1) is 22.7 Å². The fourth-order valence-electron chi connectivity index (χ4n) is 4.44. The molecule has 3 aromatic rings. The van der Waals surface area contributed by atoms with E-state index >= 15 is 0 Å². The van der Waals surface area contributed by atoms with Crippen molar-refractivity contribution in [1.82, 2.24) is 4.90 Å². The highest BCUT2D eigenvalue weighted by Gasteiger charge is 2.42. The molecule has 2 aliphatic rings. The van der Waals surface area contributed by atoms with Crippen LogP contribution in [0.1, 0.15) is 22.3 Å². The minimum atomic E-state index is -0.381. The van der Waals surface area contributed by atoms with E-state index in [1.165, 1.54) is 9.80 Å². The largest absolute Gasteiger partial charge is 0.324 e. The van der Waals surface area contributed by atoms with Gasteiger partial charge in [0.1, 0.15) is 10.9 Å². The zero-order valence-corrected chi connectivity index (χ0v) is 21.4. The van der Waals surface area contributed by atoms with Gasteiger partial charge < -0.3 is 5.32 Å². The number of thiocarbonyl (C=S) groups is 1. The molecule has 0 radical (unpaired) electrons. The minimum Gasteiger partial charge on any atom is -0.324 e. The second kappa shape index (κ2) is 9.72. The molecule has 3 amide bonds. The molecule has 0 aliphatic carbocycles. The molecule has 0 saturated carbocycles. The van der Waals surface area contributed by atoms with Crippen LogP contribution in [-0.2, 0) is 20.9 Å². The van der Waals surface area contributed by atoms with Gasteiger partial charge in [-0.2, -0.15) is 0 Å². The highest BCUT2D eigenvalue weighted by Crippen LogP contribution is 2.44. The normalized spacial score (nSPS) is 17.1. The summed E-state index contributed by atoms with van der Waals surface area (Å²) in [5.74, 6) is -0.990. The summed E-state index contributed by atoms with van der Waals surface area (Å²) in [4.78, 5) is 43.3. The molecule has 5 rings (SSSR count). The van der Waals surface area contributed by atoms with Crippen molar-refractivity contribution >= 4 is 63.0 Å². The van der Waals surface area contributed by atoms with Crippen LogP contribution in [0.3, 0.4) is 0 Å². The molecule has 2 heterocycles. The number of nitrogens with zero attached hydrogens (tertiary/aromatic N) is 2. The molecule has 8 heteroatoms. The number of anilines is 2. The number of amides is 3. The average Bonchev–Trinajstić information content (AvgIpc) is 3.29. The van der Waals surface area contributed by atoms with Crippen molar-refractivity contribution in [2.45, 2.75) is 20.4 Å². The molecule has 1 N–H and O–H groups in total. The Morgan fingerprint density at radius 3 is 2.25 bits per heavy atom. The summed E-state index contributed by atoms with van der Waals surface area (Å²) in [5.41, 5.74) is 5.09. The van der Waals surface area contributed by atoms with Crippen LogP contribution in [0.5, 0.6) is 0 Å². The van der Waals surface area contributed by atoms with Crippen molar-refractivity contribution in [2.75, 3.05) is 16.8 Å². The fraction of sp³-hybridized carbons (Fsp3) is 0.143. The van der Waals surface area contributed by atoms with Gasteiger partial charge in [0.15, 0.2) is 0 Å². The summed E-state index contributed by atoms with van der Waals surface area (Å²) in [6.45, 7) is 4.01. The van der Waals surface area contributed by atoms with Gasteiger partial charge in [-0.05, 0) is 36.6 Å². The molecule has 0 bridgehead atoms. The third-order valence-corrected chi connectivity index (χ3v) is 7.68. The first-order valence-corrected chi connectivity index (χ1v) is 12.7. The molecule has 3 aromatic carbocycles. The Kier molecular flexibility index (Phi) is 6.47. The van der Waals surface area contributed by atoms with E-state index in [4.69, 9.17) is 12.2 Å². The fourth-order valence-corrected chi connectivity index (χ4v) is 5.77. The van der Waals surface area contributed by atoms with Crippen molar-refractivity contribution in [3.63, 3.8) is 0 Å². The number of para-hydroxylation sites is 2. The van der Waals surface area contributed by atoms with Crippen LogP contribution < -0.4 is 10.2 Å². The predicted molar refractivity (Wildman–Crippen MR) is 147 cm³/mol. The lowest BCUT2D eigenvalue weighted by Crippen LogP contribution is -2.36. The van der Waals surface area contributed by atoms with Crippen LogP contribution in [0.2, 0.25) is 0 Å². The molecule has 0 spiro atoms. The Morgan fingerprint density at radius 1 is 0.861 bits per heavy atom. The van der Waals surface area contributed by atoms with Gasteiger partial charge in [0.25, 0.3) is 11.8 Å². The topological polar surface area (TPSA) is 69.7 Å². The van der Waals surface area contributed by atoms with E-state index in [0.29, 0.717) is 32.6 Å². The number of aryl methyl sites for hydroxylation is 2. The van der Waals surface area contributed by atoms with E-state index in [0.717, 1.165) is 34.1 Å². The third-order valence-electron chi connectivity index (χ3n) is 6.23. The van der Waals surface area contributed by atoms with Crippen molar-refractivity contribution in [1.29, 1.82) is 0 Å². The standard InChI is InChI=1S/C28H23N3O3S2/c1-17-9-8-10-18(2)24(17)29-22(32)16-30-21-14-7-6-13-20(21)23(26(30)33)25-27(34)31(28(35)36-25)15-19-11-4-3-5-12-19/h3-14H,15-16H2,1-2H3,(H,29,32)/b25-23-. The molecule has 36 heavy (non-hydrogen) atoms. The Labute approximate surface area is 219 Å². The molecular formula is C28H23N3O3S2. The number of fused-ring (bicyclic) bond motifs is 1. The Morgan fingerprint density at radius 2 is 1.53 bits per heavy atom. The highest BCUT2D eigenvalue weighted by molar-refractivity contribution is 8.26. The lowest BCUT2D eigenvalue weighted by molar-refractivity contribution is -0.122. The molecule has 1 fully saturated rings. The van der Waals surface area contributed by atoms with Gasteiger partial charge >= 0.3 is 0 Å². The Hall–Kier alpha value is -3.75. The number of carbonyl (C=O) groups excluding carboxylic acids is 3. The lowest BCUT2D eigenvalue weighted by atomic mass is 10.1. The van der Waals surface area contributed by atoms with E-state index in [1.807, 2.05) is 74.5 Å². The molecule has 0 unspecified atom stereocenters. The minimum absolute atomic E-state index is 0.169. The first-order chi connectivity index (χ1) is 17.3. The summed E-state index contributed by atoms with van der Waals surface area (Å²) in [5, 5.41) is 2.94. The van der Waals surface area contributed by atoms with Gasteiger partial charge in [-0.15, -0.1) is 0 Å². The summed E-state index contributed by atoms with van der Waals surface area (Å²) < 4.78 is 0.405. The van der Waals surface area contributed by atoms with Gasteiger partial charge in [-0.25, -0.2) is 0 Å². The van der Waals surface area contributed by atoms with Crippen molar-refractivity contribution in [3.8, 4) is 0 Å². The first-order valence-electron chi connectivity index (χ1n) is 11.4. The lowest BCUT2D eigenvalue weighted by Gasteiger charge is -2.18. The van der Waals surface area contributed by atoms with Crippen LogP contribution in [-0.4, -0.2) is 33.5 Å². The van der Waals surface area contributed by atoms with E-state index < -0.39 is 0 Å². The van der Waals surface area contributed by atoms with Crippen LogP contribution in [0, 0.1) is 13.8 Å². The van der Waals surface area contributed by atoms with Crippen molar-refractivity contribution in [3.05, 3.63) is 100.0 Å². The maximum atomic E-state index is 13.6. The first kappa shape index (κ1) is 24.0. The number of nitrogens with one attached hydrogen (secondary N) is 1. The predicted octanol–water partition coefficient (Wildman–Crippen LogP) is 5.06. The summed E-state index contributed by atoms with van der Waals surface area (Å²) in [6.07, 6.45) is 0. The van der Waals surface area contributed by atoms with E-state index in [1.54, 1.807) is 12.1 Å². The molecule has 0 atom stereocenters. The van der Waals surface area contributed by atoms with Crippen LogP contribution >= 0.6 is 24.0 Å². The number of thioether (sulfide) groups is 1. The number of benzene rings is 3. The second-order valence-electron chi connectivity index (χ2n) is 8.67. The zero-order chi connectivity index (χ0) is 25.4. The van der Waals surface area contributed by atoms with E-state index in [2.05, 4.69) is 5.32 Å².